The number of benzene rings is 1. The molecule has 0 unspecified atom stereocenters. The molecule has 1 N–H and O–H groups in total. The van der Waals surface area contributed by atoms with Crippen LogP contribution < -0.4 is 14.9 Å². The first kappa shape index (κ1) is 15.5. The summed E-state index contributed by atoms with van der Waals surface area (Å²) in [6.45, 7) is 1.74. The lowest BCUT2D eigenvalue weighted by atomic mass is 10.2. The van der Waals surface area contributed by atoms with Gasteiger partial charge in [-0.25, -0.2) is 10.2 Å². The number of hydrogen-bond acceptors (Lipinski definition) is 6. The molecule has 0 aromatic heterocycles. The van der Waals surface area contributed by atoms with Gasteiger partial charge in [0.1, 0.15) is 0 Å². The van der Waals surface area contributed by atoms with E-state index < -0.39 is 11.9 Å². The molecule has 0 aliphatic rings. The molecule has 0 atom stereocenters. The number of nitrogens with one attached hydrogen (secondary N) is 1. The highest BCUT2D eigenvalue weighted by Crippen LogP contribution is 2.26. The fourth-order valence-electron chi connectivity index (χ4n) is 1.34. The lowest BCUT2D eigenvalue weighted by molar-refractivity contribution is -0.154. The number of ether oxygens (including phenoxy) is 3. The van der Waals surface area contributed by atoms with Crippen LogP contribution in [-0.4, -0.2) is 38.9 Å². The largest absolute Gasteiger partial charge is 0.493 e. The number of rotatable bonds is 5. The fourth-order valence-corrected chi connectivity index (χ4v) is 1.34. The molecule has 0 saturated heterocycles. The molecule has 0 aliphatic heterocycles. The Balaban J connectivity index is 2.67. The molecule has 1 rings (SSSR count). The van der Waals surface area contributed by atoms with Crippen LogP contribution in [0.3, 0.4) is 0 Å². The molecule has 108 valence electrons. The van der Waals surface area contributed by atoms with Crippen LogP contribution in [0.25, 0.3) is 0 Å². The Kier molecular flexibility index (Phi) is 6.02. The van der Waals surface area contributed by atoms with Gasteiger partial charge in [0.05, 0.1) is 27.0 Å². The number of esters is 1. The van der Waals surface area contributed by atoms with Crippen LogP contribution >= 0.6 is 0 Å². The summed E-state index contributed by atoms with van der Waals surface area (Å²) < 4.78 is 14.7. The van der Waals surface area contributed by atoms with Gasteiger partial charge in [-0.15, -0.1) is 0 Å². The smallest absolute Gasteiger partial charge is 0.398 e. The van der Waals surface area contributed by atoms with Crippen molar-refractivity contribution in [2.45, 2.75) is 6.92 Å². The Bertz CT molecular complexity index is 513. The van der Waals surface area contributed by atoms with E-state index in [1.165, 1.54) is 20.4 Å². The standard InChI is InChI=1S/C13H16N2O5/c1-4-20-13(17)12(16)15-14-8-9-5-6-10(18-2)11(7-9)19-3/h5-8H,4H2,1-3H3,(H,15,16). The Morgan fingerprint density at radius 1 is 1.25 bits per heavy atom. The minimum absolute atomic E-state index is 0.131. The predicted octanol–water partition coefficient (Wildman–Crippen LogP) is 0.717. The van der Waals surface area contributed by atoms with Gasteiger partial charge in [-0.3, -0.25) is 4.79 Å². The van der Waals surface area contributed by atoms with Gasteiger partial charge in [0.25, 0.3) is 0 Å². The molecule has 0 fully saturated rings. The molecule has 0 bridgehead atoms. The third-order valence-electron chi connectivity index (χ3n) is 2.25. The van der Waals surface area contributed by atoms with Gasteiger partial charge in [0.15, 0.2) is 11.5 Å². The highest BCUT2D eigenvalue weighted by molar-refractivity contribution is 6.32. The molecular formula is C13H16N2O5. The summed E-state index contributed by atoms with van der Waals surface area (Å²) in [5.41, 5.74) is 2.74. The second kappa shape index (κ2) is 7.78. The molecule has 7 heteroatoms. The van der Waals surface area contributed by atoms with Crippen LogP contribution in [0.15, 0.2) is 23.3 Å². The highest BCUT2D eigenvalue weighted by Gasteiger charge is 2.12. The van der Waals surface area contributed by atoms with Crippen molar-refractivity contribution in [3.63, 3.8) is 0 Å². The minimum atomic E-state index is -0.975. The summed E-state index contributed by atoms with van der Waals surface area (Å²) in [4.78, 5) is 22.2. The molecule has 1 aromatic rings. The van der Waals surface area contributed by atoms with E-state index in [1.807, 2.05) is 0 Å². The number of hydrogen-bond donors (Lipinski definition) is 1. The Morgan fingerprint density at radius 2 is 1.95 bits per heavy atom. The molecule has 0 heterocycles. The van der Waals surface area contributed by atoms with Crippen molar-refractivity contribution in [3.05, 3.63) is 23.8 Å². The first-order valence-corrected chi connectivity index (χ1v) is 5.84. The average molecular weight is 280 g/mol. The summed E-state index contributed by atoms with van der Waals surface area (Å²) in [6.07, 6.45) is 1.37. The number of methoxy groups -OCH3 is 2. The van der Waals surface area contributed by atoms with Gasteiger partial charge in [-0.1, -0.05) is 0 Å². The van der Waals surface area contributed by atoms with Gasteiger partial charge in [-0.05, 0) is 30.7 Å². The van der Waals surface area contributed by atoms with Crippen molar-refractivity contribution >= 4 is 18.1 Å². The van der Waals surface area contributed by atoms with Crippen LogP contribution in [0.4, 0.5) is 0 Å². The molecule has 0 aliphatic carbocycles. The van der Waals surface area contributed by atoms with E-state index in [1.54, 1.807) is 25.1 Å². The van der Waals surface area contributed by atoms with Crippen molar-refractivity contribution in [1.82, 2.24) is 5.43 Å². The Hall–Kier alpha value is -2.57. The maximum absolute atomic E-state index is 11.2. The quantitative estimate of drug-likeness (QED) is 0.371. The van der Waals surface area contributed by atoms with E-state index in [4.69, 9.17) is 9.47 Å². The van der Waals surface area contributed by atoms with E-state index >= 15 is 0 Å². The van der Waals surface area contributed by atoms with Crippen LogP contribution in [0.1, 0.15) is 12.5 Å². The zero-order chi connectivity index (χ0) is 15.0. The van der Waals surface area contributed by atoms with Gasteiger partial charge < -0.3 is 14.2 Å². The Morgan fingerprint density at radius 3 is 2.55 bits per heavy atom. The van der Waals surface area contributed by atoms with Crippen molar-refractivity contribution in [2.24, 2.45) is 5.10 Å². The third-order valence-corrected chi connectivity index (χ3v) is 2.25. The minimum Gasteiger partial charge on any atom is -0.493 e. The maximum atomic E-state index is 11.2. The summed E-state index contributed by atoms with van der Waals surface area (Å²) in [5.74, 6) is -0.783. The van der Waals surface area contributed by atoms with Crippen molar-refractivity contribution in [3.8, 4) is 11.5 Å². The van der Waals surface area contributed by atoms with E-state index in [9.17, 15) is 9.59 Å². The zero-order valence-electron chi connectivity index (χ0n) is 11.5. The SMILES string of the molecule is CCOC(=O)C(=O)NN=Cc1ccc(OC)c(OC)c1. The Labute approximate surface area is 116 Å². The van der Waals surface area contributed by atoms with Crippen LogP contribution in [0, 0.1) is 0 Å². The number of nitrogens with zero attached hydrogens (tertiary/aromatic N) is 1. The highest BCUT2D eigenvalue weighted by atomic mass is 16.5. The maximum Gasteiger partial charge on any atom is 0.398 e. The third kappa shape index (κ3) is 4.27. The normalized spacial score (nSPS) is 10.2. The lowest BCUT2D eigenvalue weighted by Crippen LogP contribution is -2.28. The summed E-state index contributed by atoms with van der Waals surface area (Å²) in [5, 5.41) is 3.65. The summed E-state index contributed by atoms with van der Waals surface area (Å²) in [6, 6.07) is 5.10. The number of carbonyl (C=O) groups excluding carboxylic acids is 2. The first-order valence-electron chi connectivity index (χ1n) is 5.84. The van der Waals surface area contributed by atoms with E-state index in [-0.39, 0.29) is 6.61 Å². The number of hydrazone groups is 1. The molecule has 7 nitrogen and oxygen atoms in total. The van der Waals surface area contributed by atoms with Crippen molar-refractivity contribution in [1.29, 1.82) is 0 Å². The molecule has 0 spiro atoms. The second-order valence-electron chi connectivity index (χ2n) is 3.53. The molecule has 1 amide bonds. The van der Waals surface area contributed by atoms with Crippen molar-refractivity contribution in [2.75, 3.05) is 20.8 Å². The average Bonchev–Trinajstić information content (AvgIpc) is 2.47. The topological polar surface area (TPSA) is 86.2 Å². The fraction of sp³-hybridized carbons (Fsp3) is 0.308. The van der Waals surface area contributed by atoms with E-state index in [0.29, 0.717) is 17.1 Å². The van der Waals surface area contributed by atoms with Gasteiger partial charge in [0.2, 0.25) is 0 Å². The van der Waals surface area contributed by atoms with Crippen LogP contribution in [0.2, 0.25) is 0 Å². The predicted molar refractivity (Wildman–Crippen MR) is 71.9 cm³/mol. The molecule has 0 radical (unpaired) electrons. The summed E-state index contributed by atoms with van der Waals surface area (Å²) in [7, 11) is 3.05. The lowest BCUT2D eigenvalue weighted by Gasteiger charge is -2.07. The molecule has 1 aromatic carbocycles. The number of amides is 1. The second-order valence-corrected chi connectivity index (χ2v) is 3.53. The van der Waals surface area contributed by atoms with E-state index in [2.05, 4.69) is 15.3 Å². The van der Waals surface area contributed by atoms with Gasteiger partial charge in [0, 0.05) is 0 Å². The summed E-state index contributed by atoms with van der Waals surface area (Å²) >= 11 is 0. The van der Waals surface area contributed by atoms with Crippen molar-refractivity contribution < 1.29 is 23.8 Å². The van der Waals surface area contributed by atoms with Gasteiger partial charge in [-0.2, -0.15) is 5.10 Å². The van der Waals surface area contributed by atoms with Crippen LogP contribution in [-0.2, 0) is 14.3 Å². The monoisotopic (exact) mass is 280 g/mol. The van der Waals surface area contributed by atoms with Crippen LogP contribution in [0.5, 0.6) is 11.5 Å². The first-order chi connectivity index (χ1) is 9.62. The number of carbonyl (C=O) groups is 2. The van der Waals surface area contributed by atoms with Gasteiger partial charge >= 0.3 is 11.9 Å². The zero-order valence-corrected chi connectivity index (χ0v) is 11.5. The molecular weight excluding hydrogens is 264 g/mol. The molecule has 20 heavy (non-hydrogen) atoms. The molecule has 0 saturated carbocycles. The van der Waals surface area contributed by atoms with E-state index in [0.717, 1.165) is 0 Å².